The van der Waals surface area contributed by atoms with Crippen molar-refractivity contribution in [2.45, 2.75) is 25.9 Å². The van der Waals surface area contributed by atoms with Crippen molar-refractivity contribution < 1.29 is 14.4 Å². The van der Waals surface area contributed by atoms with Crippen molar-refractivity contribution in [3.05, 3.63) is 102 Å². The number of amides is 4. The largest absolute Gasteiger partial charge is 0.344 e. The van der Waals surface area contributed by atoms with Gasteiger partial charge in [0.15, 0.2) is 0 Å². The molecule has 0 spiro atoms. The molecule has 1 aliphatic heterocycles. The van der Waals surface area contributed by atoms with Gasteiger partial charge in [0, 0.05) is 5.69 Å². The predicted octanol–water partition coefficient (Wildman–Crippen LogP) is 4.06. The third-order valence-corrected chi connectivity index (χ3v) is 5.63. The van der Waals surface area contributed by atoms with Gasteiger partial charge in [-0.05, 0) is 37.1 Å². The Morgan fingerprint density at radius 3 is 1.94 bits per heavy atom. The Balaban J connectivity index is 1.53. The Kier molecular flexibility index (Phi) is 6.03. The number of imide groups is 1. The molecule has 0 unspecified atom stereocenters. The fourth-order valence-electron chi connectivity index (χ4n) is 3.91. The summed E-state index contributed by atoms with van der Waals surface area (Å²) < 4.78 is 0. The first-order valence-electron chi connectivity index (χ1n) is 10.6. The van der Waals surface area contributed by atoms with Crippen molar-refractivity contribution in [2.75, 3.05) is 11.4 Å². The zero-order valence-corrected chi connectivity index (χ0v) is 18.1. The Labute approximate surface area is 187 Å². The van der Waals surface area contributed by atoms with Crippen LogP contribution >= 0.6 is 0 Å². The number of nitrogens with one attached hydrogen (secondary N) is 1. The van der Waals surface area contributed by atoms with Crippen molar-refractivity contribution in [3.8, 4) is 0 Å². The van der Waals surface area contributed by atoms with E-state index in [1.54, 1.807) is 19.1 Å². The Bertz CT molecular complexity index is 1070. The first kappa shape index (κ1) is 21.3. The van der Waals surface area contributed by atoms with E-state index in [1.807, 2.05) is 79.7 Å². The molecule has 4 amide bonds. The van der Waals surface area contributed by atoms with Crippen LogP contribution in [0.2, 0.25) is 0 Å². The van der Waals surface area contributed by atoms with E-state index in [0.717, 1.165) is 21.6 Å². The summed E-state index contributed by atoms with van der Waals surface area (Å²) in [6.45, 7) is 3.30. The monoisotopic (exact) mass is 427 g/mol. The fourth-order valence-corrected chi connectivity index (χ4v) is 3.91. The molecule has 3 aromatic rings. The van der Waals surface area contributed by atoms with Crippen molar-refractivity contribution in [2.24, 2.45) is 0 Å². The number of rotatable bonds is 6. The molecule has 1 aliphatic rings. The van der Waals surface area contributed by atoms with Crippen LogP contribution < -0.4 is 10.2 Å². The second-order valence-electron chi connectivity index (χ2n) is 7.91. The summed E-state index contributed by atoms with van der Waals surface area (Å²) >= 11 is 0. The van der Waals surface area contributed by atoms with E-state index in [1.165, 1.54) is 4.90 Å². The first-order chi connectivity index (χ1) is 15.5. The lowest BCUT2D eigenvalue weighted by Gasteiger charge is -2.22. The van der Waals surface area contributed by atoms with E-state index in [9.17, 15) is 14.4 Å². The van der Waals surface area contributed by atoms with Gasteiger partial charge in [-0.2, -0.15) is 0 Å². The highest BCUT2D eigenvalue weighted by Crippen LogP contribution is 2.26. The van der Waals surface area contributed by atoms with Crippen LogP contribution in [0.1, 0.15) is 29.7 Å². The fraction of sp³-hybridized carbons (Fsp3) is 0.192. The highest BCUT2D eigenvalue weighted by atomic mass is 16.2. The summed E-state index contributed by atoms with van der Waals surface area (Å²) in [5, 5.41) is 2.99. The van der Waals surface area contributed by atoms with E-state index >= 15 is 0 Å². The molecule has 3 aromatic carbocycles. The van der Waals surface area contributed by atoms with Gasteiger partial charge in [-0.25, -0.2) is 4.79 Å². The van der Waals surface area contributed by atoms with Crippen molar-refractivity contribution in [1.29, 1.82) is 0 Å². The minimum absolute atomic E-state index is 0.333. The molecule has 1 N–H and O–H groups in total. The van der Waals surface area contributed by atoms with E-state index in [0.29, 0.717) is 5.69 Å². The summed E-state index contributed by atoms with van der Waals surface area (Å²) in [5.74, 6) is -0.788. The number of aryl methyl sites for hydroxylation is 1. The third kappa shape index (κ3) is 4.25. The van der Waals surface area contributed by atoms with Gasteiger partial charge in [-0.15, -0.1) is 0 Å². The number of carbonyl (C=O) groups is 3. The molecule has 0 aromatic heterocycles. The van der Waals surface area contributed by atoms with Crippen LogP contribution in [-0.4, -0.2) is 35.3 Å². The minimum atomic E-state index is -0.669. The van der Waals surface area contributed by atoms with Crippen molar-refractivity contribution in [3.63, 3.8) is 0 Å². The molecule has 162 valence electrons. The summed E-state index contributed by atoms with van der Waals surface area (Å²) in [5.41, 5.74) is 3.53. The number of urea groups is 1. The molecule has 1 heterocycles. The molecule has 6 heteroatoms. The van der Waals surface area contributed by atoms with Crippen LogP contribution in [0.4, 0.5) is 10.5 Å². The van der Waals surface area contributed by atoms with Crippen LogP contribution in [0.3, 0.4) is 0 Å². The average molecular weight is 428 g/mol. The van der Waals surface area contributed by atoms with Crippen LogP contribution in [0, 0.1) is 6.92 Å². The SMILES string of the molecule is Cc1ccc(N2C(=O)N(CC(=O)NC(c3ccccc3)c3ccccc3)C(=O)[C@@H]2C)cc1. The van der Waals surface area contributed by atoms with Gasteiger partial charge < -0.3 is 5.32 Å². The molecule has 0 radical (unpaired) electrons. The maximum Gasteiger partial charge on any atom is 0.332 e. The second-order valence-corrected chi connectivity index (χ2v) is 7.91. The molecule has 32 heavy (non-hydrogen) atoms. The van der Waals surface area contributed by atoms with Gasteiger partial charge in [0.25, 0.3) is 5.91 Å². The van der Waals surface area contributed by atoms with Crippen LogP contribution in [-0.2, 0) is 9.59 Å². The molecular weight excluding hydrogens is 402 g/mol. The molecule has 4 rings (SSSR count). The normalized spacial score (nSPS) is 16.0. The van der Waals surface area contributed by atoms with Crippen LogP contribution in [0.15, 0.2) is 84.9 Å². The summed E-state index contributed by atoms with van der Waals surface area (Å²) in [4.78, 5) is 41.3. The lowest BCUT2D eigenvalue weighted by Crippen LogP contribution is -2.42. The van der Waals surface area contributed by atoms with Gasteiger partial charge in [-0.1, -0.05) is 78.4 Å². The highest BCUT2D eigenvalue weighted by Gasteiger charge is 2.44. The number of hydrogen-bond acceptors (Lipinski definition) is 3. The van der Waals surface area contributed by atoms with E-state index in [-0.39, 0.29) is 18.5 Å². The lowest BCUT2D eigenvalue weighted by atomic mass is 9.99. The number of nitrogens with zero attached hydrogens (tertiary/aromatic N) is 2. The Morgan fingerprint density at radius 1 is 0.875 bits per heavy atom. The van der Waals surface area contributed by atoms with Gasteiger partial charge >= 0.3 is 6.03 Å². The topological polar surface area (TPSA) is 69.7 Å². The molecule has 6 nitrogen and oxygen atoms in total. The van der Waals surface area contributed by atoms with Crippen molar-refractivity contribution in [1.82, 2.24) is 10.2 Å². The van der Waals surface area contributed by atoms with E-state index in [2.05, 4.69) is 5.32 Å². The molecule has 1 fully saturated rings. The number of carbonyl (C=O) groups excluding carboxylic acids is 3. The highest BCUT2D eigenvalue weighted by molar-refractivity contribution is 6.15. The molecule has 0 aliphatic carbocycles. The van der Waals surface area contributed by atoms with Gasteiger partial charge in [0.2, 0.25) is 5.91 Å². The number of benzene rings is 3. The molecule has 1 saturated heterocycles. The van der Waals surface area contributed by atoms with E-state index < -0.39 is 18.0 Å². The minimum Gasteiger partial charge on any atom is -0.344 e. The maximum atomic E-state index is 13.0. The van der Waals surface area contributed by atoms with Crippen LogP contribution in [0.25, 0.3) is 0 Å². The van der Waals surface area contributed by atoms with Gasteiger partial charge in [-0.3, -0.25) is 19.4 Å². The molecular formula is C26H25N3O3. The molecule has 0 saturated carbocycles. The summed E-state index contributed by atoms with van der Waals surface area (Å²) in [7, 11) is 0. The third-order valence-electron chi connectivity index (χ3n) is 5.63. The Hall–Kier alpha value is -3.93. The zero-order valence-electron chi connectivity index (χ0n) is 18.1. The average Bonchev–Trinajstić information content (AvgIpc) is 3.02. The van der Waals surface area contributed by atoms with Gasteiger partial charge in [0.05, 0.1) is 6.04 Å². The molecule has 0 bridgehead atoms. The number of hydrogen-bond donors (Lipinski definition) is 1. The predicted molar refractivity (Wildman–Crippen MR) is 123 cm³/mol. The smallest absolute Gasteiger partial charge is 0.332 e. The summed E-state index contributed by atoms with van der Waals surface area (Å²) in [6.07, 6.45) is 0. The molecule has 1 atom stereocenters. The lowest BCUT2D eigenvalue weighted by molar-refractivity contribution is -0.132. The summed E-state index contributed by atoms with van der Waals surface area (Å²) in [6, 6.07) is 25.1. The standard InChI is InChI=1S/C26H25N3O3/c1-18-13-15-22(16-14-18)29-19(2)25(31)28(26(29)32)17-23(30)27-24(20-9-5-3-6-10-20)21-11-7-4-8-12-21/h3-16,19,24H,17H2,1-2H3,(H,27,30)/t19-/m0/s1. The van der Waals surface area contributed by atoms with Crippen LogP contribution in [0.5, 0.6) is 0 Å². The first-order valence-corrected chi connectivity index (χ1v) is 10.6. The number of anilines is 1. The second kappa shape index (κ2) is 9.06. The Morgan fingerprint density at radius 2 is 1.41 bits per heavy atom. The van der Waals surface area contributed by atoms with Crippen molar-refractivity contribution >= 4 is 23.5 Å². The van der Waals surface area contributed by atoms with E-state index in [4.69, 9.17) is 0 Å². The quantitative estimate of drug-likeness (QED) is 0.603. The maximum absolute atomic E-state index is 13.0. The zero-order chi connectivity index (χ0) is 22.7. The van der Waals surface area contributed by atoms with Gasteiger partial charge in [0.1, 0.15) is 12.6 Å².